The third kappa shape index (κ3) is 4.98. The van der Waals surface area contributed by atoms with Crippen molar-refractivity contribution in [2.45, 2.75) is 26.3 Å². The van der Waals surface area contributed by atoms with Gasteiger partial charge in [0.15, 0.2) is 11.6 Å². The normalized spacial score (nSPS) is 11.5. The Balaban J connectivity index is 2.86. The van der Waals surface area contributed by atoms with E-state index in [0.717, 1.165) is 23.8 Å². The van der Waals surface area contributed by atoms with Crippen LogP contribution in [0.2, 0.25) is 0 Å². The molecular weight excluding hydrogens is 280 g/mol. The predicted molar refractivity (Wildman–Crippen MR) is 73.7 cm³/mol. The second-order valence-electron chi connectivity index (χ2n) is 4.70. The van der Waals surface area contributed by atoms with Crippen molar-refractivity contribution in [3.8, 4) is 0 Å². The first-order valence-corrected chi connectivity index (χ1v) is 6.32. The van der Waals surface area contributed by atoms with Gasteiger partial charge in [-0.2, -0.15) is 0 Å². The van der Waals surface area contributed by atoms with Gasteiger partial charge in [0.25, 0.3) is 5.91 Å². The van der Waals surface area contributed by atoms with Crippen LogP contribution in [0, 0.1) is 11.6 Å². The minimum Gasteiger partial charge on any atom is -0.467 e. The molecular formula is C15H17F2NO3. The fraction of sp³-hybridized carbons (Fsp3) is 0.333. The molecule has 1 aromatic carbocycles. The van der Waals surface area contributed by atoms with Gasteiger partial charge in [0, 0.05) is 5.56 Å². The van der Waals surface area contributed by atoms with Crippen molar-refractivity contribution in [3.63, 3.8) is 0 Å². The molecule has 0 radical (unpaired) electrons. The smallest absolute Gasteiger partial charge is 0.328 e. The summed E-state index contributed by atoms with van der Waals surface area (Å²) in [5, 5.41) is 2.44. The van der Waals surface area contributed by atoms with Gasteiger partial charge in [-0.1, -0.05) is 11.6 Å². The fourth-order valence-corrected chi connectivity index (χ4v) is 1.59. The van der Waals surface area contributed by atoms with Gasteiger partial charge in [0.05, 0.1) is 7.11 Å². The van der Waals surface area contributed by atoms with Crippen LogP contribution in [0.4, 0.5) is 8.78 Å². The predicted octanol–water partition coefficient (Wildman–Crippen LogP) is 2.59. The number of ether oxygens (including phenoxy) is 1. The highest BCUT2D eigenvalue weighted by atomic mass is 19.2. The topological polar surface area (TPSA) is 55.4 Å². The second kappa shape index (κ2) is 7.52. The molecule has 0 fully saturated rings. The van der Waals surface area contributed by atoms with Crippen LogP contribution < -0.4 is 5.32 Å². The van der Waals surface area contributed by atoms with E-state index < -0.39 is 29.6 Å². The molecule has 1 atom stereocenters. The molecule has 0 saturated carbocycles. The summed E-state index contributed by atoms with van der Waals surface area (Å²) in [5.41, 5.74) is 0.908. The molecule has 1 N–H and O–H groups in total. The molecule has 0 aliphatic rings. The summed E-state index contributed by atoms with van der Waals surface area (Å²) < 4.78 is 30.5. The maximum atomic E-state index is 13.1. The third-order valence-electron chi connectivity index (χ3n) is 2.73. The van der Waals surface area contributed by atoms with Crippen molar-refractivity contribution in [1.82, 2.24) is 5.32 Å². The van der Waals surface area contributed by atoms with Gasteiger partial charge in [-0.15, -0.1) is 0 Å². The largest absolute Gasteiger partial charge is 0.467 e. The Hall–Kier alpha value is -2.24. The van der Waals surface area contributed by atoms with Gasteiger partial charge in [0.1, 0.15) is 6.04 Å². The monoisotopic (exact) mass is 297 g/mol. The van der Waals surface area contributed by atoms with Crippen molar-refractivity contribution >= 4 is 11.9 Å². The molecule has 0 aromatic heterocycles. The van der Waals surface area contributed by atoms with Crippen LogP contribution in [0.15, 0.2) is 29.8 Å². The average Bonchev–Trinajstić information content (AvgIpc) is 2.44. The van der Waals surface area contributed by atoms with Crippen LogP contribution >= 0.6 is 0 Å². The van der Waals surface area contributed by atoms with Gasteiger partial charge in [0.2, 0.25) is 0 Å². The molecule has 0 heterocycles. The number of hydrogen-bond donors (Lipinski definition) is 1. The zero-order chi connectivity index (χ0) is 16.0. The van der Waals surface area contributed by atoms with E-state index >= 15 is 0 Å². The highest BCUT2D eigenvalue weighted by molar-refractivity contribution is 5.96. The molecule has 1 aromatic rings. The van der Waals surface area contributed by atoms with Crippen molar-refractivity contribution in [3.05, 3.63) is 47.0 Å². The molecule has 1 amide bonds. The molecule has 21 heavy (non-hydrogen) atoms. The Morgan fingerprint density at radius 3 is 2.48 bits per heavy atom. The van der Waals surface area contributed by atoms with Gasteiger partial charge in [-0.05, 0) is 38.5 Å². The number of amides is 1. The number of methoxy groups -OCH3 is 1. The Morgan fingerprint density at radius 2 is 1.95 bits per heavy atom. The van der Waals surface area contributed by atoms with Gasteiger partial charge >= 0.3 is 5.97 Å². The molecule has 6 heteroatoms. The number of hydrogen-bond acceptors (Lipinski definition) is 3. The van der Waals surface area contributed by atoms with E-state index in [4.69, 9.17) is 0 Å². The van der Waals surface area contributed by atoms with E-state index in [9.17, 15) is 18.4 Å². The van der Waals surface area contributed by atoms with Gasteiger partial charge < -0.3 is 10.1 Å². The Labute approximate surface area is 121 Å². The minimum absolute atomic E-state index is 0.0694. The van der Waals surface area contributed by atoms with E-state index in [-0.39, 0.29) is 12.0 Å². The number of benzene rings is 1. The van der Waals surface area contributed by atoms with Crippen LogP contribution in [0.1, 0.15) is 30.6 Å². The number of carbonyl (C=O) groups excluding carboxylic acids is 2. The number of rotatable bonds is 5. The van der Waals surface area contributed by atoms with Gasteiger partial charge in [-0.3, -0.25) is 4.79 Å². The number of esters is 1. The summed E-state index contributed by atoms with van der Waals surface area (Å²) in [6.45, 7) is 3.71. The highest BCUT2D eigenvalue weighted by Gasteiger charge is 2.21. The number of allylic oxidation sites excluding steroid dienone is 1. The highest BCUT2D eigenvalue weighted by Crippen LogP contribution is 2.09. The van der Waals surface area contributed by atoms with Crippen molar-refractivity contribution in [2.75, 3.05) is 7.11 Å². The van der Waals surface area contributed by atoms with E-state index in [1.54, 1.807) is 6.08 Å². The molecule has 0 bridgehead atoms. The van der Waals surface area contributed by atoms with Crippen molar-refractivity contribution < 1.29 is 23.1 Å². The lowest BCUT2D eigenvalue weighted by atomic mass is 10.1. The molecule has 0 spiro atoms. The Kier molecular flexibility index (Phi) is 6.02. The van der Waals surface area contributed by atoms with Crippen molar-refractivity contribution in [1.29, 1.82) is 0 Å². The van der Waals surface area contributed by atoms with Crippen molar-refractivity contribution in [2.24, 2.45) is 0 Å². The average molecular weight is 297 g/mol. The summed E-state index contributed by atoms with van der Waals surface area (Å²) in [6, 6.07) is 1.89. The Morgan fingerprint density at radius 1 is 1.29 bits per heavy atom. The third-order valence-corrected chi connectivity index (χ3v) is 2.73. The first-order chi connectivity index (χ1) is 9.85. The minimum atomic E-state index is -1.12. The molecule has 0 aliphatic heterocycles. The maximum Gasteiger partial charge on any atom is 0.328 e. The van der Waals surface area contributed by atoms with Crippen LogP contribution in [0.25, 0.3) is 0 Å². The standard InChI is InChI=1S/C15H17F2NO3/c1-9(2)4-7-13(15(20)21-3)18-14(19)10-5-6-11(16)12(17)8-10/h4-6,8,13H,7H2,1-3H3,(H,18,19)/t13-/m0/s1. The summed E-state index contributed by atoms with van der Waals surface area (Å²) >= 11 is 0. The molecule has 0 saturated heterocycles. The summed E-state index contributed by atoms with van der Waals surface area (Å²) in [7, 11) is 1.21. The van der Waals surface area contributed by atoms with E-state index in [1.807, 2.05) is 13.8 Å². The fourth-order valence-electron chi connectivity index (χ4n) is 1.59. The van der Waals surface area contributed by atoms with E-state index in [2.05, 4.69) is 10.1 Å². The molecule has 0 aliphatic carbocycles. The van der Waals surface area contributed by atoms with Gasteiger partial charge in [-0.25, -0.2) is 13.6 Å². The van der Waals surface area contributed by atoms with Crippen LogP contribution in [-0.4, -0.2) is 25.0 Å². The zero-order valence-electron chi connectivity index (χ0n) is 12.1. The van der Waals surface area contributed by atoms with E-state index in [1.165, 1.54) is 7.11 Å². The SMILES string of the molecule is COC(=O)[C@H](CC=C(C)C)NC(=O)c1ccc(F)c(F)c1. The number of halogens is 2. The summed E-state index contributed by atoms with van der Waals surface area (Å²) in [6.07, 6.45) is 2.03. The first-order valence-electron chi connectivity index (χ1n) is 6.32. The maximum absolute atomic E-state index is 13.1. The molecule has 1 rings (SSSR count). The molecule has 0 unspecified atom stereocenters. The second-order valence-corrected chi connectivity index (χ2v) is 4.70. The number of nitrogens with one attached hydrogen (secondary N) is 1. The van der Waals surface area contributed by atoms with Crippen LogP contribution in [-0.2, 0) is 9.53 Å². The van der Waals surface area contributed by atoms with E-state index in [0.29, 0.717) is 0 Å². The summed E-state index contributed by atoms with van der Waals surface area (Å²) in [5.74, 6) is -3.45. The zero-order valence-corrected chi connectivity index (χ0v) is 12.1. The lowest BCUT2D eigenvalue weighted by Gasteiger charge is -2.15. The quantitative estimate of drug-likeness (QED) is 0.671. The Bertz CT molecular complexity index is 566. The summed E-state index contributed by atoms with van der Waals surface area (Å²) in [4.78, 5) is 23.6. The molecule has 4 nitrogen and oxygen atoms in total. The van der Waals surface area contributed by atoms with Crippen LogP contribution in [0.5, 0.6) is 0 Å². The first kappa shape index (κ1) is 16.8. The lowest BCUT2D eigenvalue weighted by Crippen LogP contribution is -2.41. The lowest BCUT2D eigenvalue weighted by molar-refractivity contribution is -0.142. The molecule has 114 valence electrons. The van der Waals surface area contributed by atoms with Crippen LogP contribution in [0.3, 0.4) is 0 Å². The number of carbonyl (C=O) groups is 2.